The lowest BCUT2D eigenvalue weighted by Crippen LogP contribution is -2.50. The van der Waals surface area contributed by atoms with Crippen molar-refractivity contribution < 1.29 is 33.6 Å². The molecule has 2 aliphatic rings. The summed E-state index contributed by atoms with van der Waals surface area (Å²) >= 11 is 0. The van der Waals surface area contributed by atoms with E-state index in [-0.39, 0.29) is 5.56 Å². The number of aryl methyl sites for hydroxylation is 1. The molecule has 0 radical (unpaired) electrons. The number of methoxy groups -OCH3 is 2. The zero-order valence-corrected chi connectivity index (χ0v) is 23.0. The van der Waals surface area contributed by atoms with Gasteiger partial charge in [0.15, 0.2) is 11.4 Å². The van der Waals surface area contributed by atoms with E-state index in [1.54, 1.807) is 36.4 Å². The zero-order valence-electron chi connectivity index (χ0n) is 23.0. The molecule has 6 rings (SSSR count). The molecule has 0 spiro atoms. The van der Waals surface area contributed by atoms with E-state index in [1.807, 2.05) is 67.6 Å². The average Bonchev–Trinajstić information content (AvgIpc) is 3.38. The Morgan fingerprint density at radius 3 is 2.22 bits per heavy atom. The number of Topliss-reactive ketones (excluding diaryl/α,β-unsaturated/α-hetero) is 1. The quantitative estimate of drug-likeness (QED) is 0.249. The topological polar surface area (TPSA) is 91.3 Å². The van der Waals surface area contributed by atoms with Gasteiger partial charge in [-0.15, -0.1) is 0 Å². The average molecular weight is 551 g/mol. The third kappa shape index (κ3) is 3.91. The van der Waals surface area contributed by atoms with Crippen molar-refractivity contribution in [3.8, 4) is 17.2 Å². The number of benzene rings is 4. The summed E-state index contributed by atoms with van der Waals surface area (Å²) in [6, 6.07) is 29.6. The first-order chi connectivity index (χ1) is 19.8. The zero-order chi connectivity index (χ0) is 28.8. The van der Waals surface area contributed by atoms with E-state index in [9.17, 15) is 14.7 Å². The molecule has 1 heterocycles. The molecule has 208 valence electrons. The van der Waals surface area contributed by atoms with Crippen LogP contribution in [0.2, 0.25) is 0 Å². The molecular weight excluding hydrogens is 520 g/mol. The van der Waals surface area contributed by atoms with Crippen LogP contribution in [0.3, 0.4) is 0 Å². The number of esters is 1. The number of carbonyl (C=O) groups excluding carboxylic acids is 2. The Kier molecular flexibility index (Phi) is 6.54. The van der Waals surface area contributed by atoms with Crippen LogP contribution in [-0.4, -0.2) is 31.1 Å². The molecule has 1 N–H and O–H groups in total. The molecule has 0 saturated heterocycles. The molecule has 0 bridgehead atoms. The van der Waals surface area contributed by atoms with Crippen LogP contribution in [0.1, 0.15) is 33.7 Å². The summed E-state index contributed by atoms with van der Waals surface area (Å²) in [6.07, 6.45) is 0. The molecule has 1 fully saturated rings. The molecule has 41 heavy (non-hydrogen) atoms. The minimum Gasteiger partial charge on any atom is -0.496 e. The second-order valence-corrected chi connectivity index (χ2v) is 10.4. The molecule has 7 nitrogen and oxygen atoms in total. The minimum absolute atomic E-state index is 0.201. The fourth-order valence-electron chi connectivity index (χ4n) is 6.40. The minimum atomic E-state index is -2.26. The maximum Gasteiger partial charge on any atom is 0.317 e. The molecule has 7 heteroatoms. The Labute approximate surface area is 238 Å². The lowest BCUT2D eigenvalue weighted by atomic mass is 9.70. The highest BCUT2D eigenvalue weighted by Gasteiger charge is 2.78. The number of aliphatic hydroxyl groups is 1. The second kappa shape index (κ2) is 10.1. The summed E-state index contributed by atoms with van der Waals surface area (Å²) in [6.45, 7) is 2.26. The number of fused-ring (bicyclic) bond motifs is 3. The van der Waals surface area contributed by atoms with Crippen LogP contribution in [0.15, 0.2) is 97.1 Å². The maximum absolute atomic E-state index is 14.4. The third-order valence-corrected chi connectivity index (χ3v) is 8.16. The largest absolute Gasteiger partial charge is 0.496 e. The van der Waals surface area contributed by atoms with Gasteiger partial charge in [0.05, 0.1) is 25.7 Å². The van der Waals surface area contributed by atoms with Crippen molar-refractivity contribution >= 4 is 11.8 Å². The Bertz CT molecular complexity index is 1600. The molecule has 0 amide bonds. The van der Waals surface area contributed by atoms with E-state index < -0.39 is 34.8 Å². The molecule has 0 aromatic heterocycles. The van der Waals surface area contributed by atoms with Crippen LogP contribution in [-0.2, 0) is 32.1 Å². The highest BCUT2D eigenvalue weighted by molar-refractivity contribution is 6.10. The Balaban J connectivity index is 1.55. The molecule has 4 aromatic rings. The van der Waals surface area contributed by atoms with Crippen LogP contribution in [0.5, 0.6) is 17.2 Å². The third-order valence-electron chi connectivity index (χ3n) is 8.16. The Morgan fingerprint density at radius 1 is 0.927 bits per heavy atom. The molecular formula is C34H30O7. The van der Waals surface area contributed by atoms with Crippen molar-refractivity contribution in [1.29, 1.82) is 0 Å². The van der Waals surface area contributed by atoms with Gasteiger partial charge in [-0.05, 0) is 47.9 Å². The number of rotatable bonds is 7. The Morgan fingerprint density at radius 2 is 1.59 bits per heavy atom. The molecule has 1 aliphatic carbocycles. The van der Waals surface area contributed by atoms with Gasteiger partial charge < -0.3 is 24.1 Å². The van der Waals surface area contributed by atoms with Crippen molar-refractivity contribution in [3.05, 3.63) is 125 Å². The fourth-order valence-corrected chi connectivity index (χ4v) is 6.40. The van der Waals surface area contributed by atoms with Crippen LogP contribution >= 0.6 is 0 Å². The SMILES string of the molecule is COC(=O)C1C(=O)[C@@]2(O)c3c(OC)cc(C)cc3O[C@@]2(c2ccc(OCc3ccccc3)cc2)C1c1ccccc1. The van der Waals surface area contributed by atoms with Gasteiger partial charge >= 0.3 is 5.97 Å². The summed E-state index contributed by atoms with van der Waals surface area (Å²) in [5, 5.41) is 12.7. The summed E-state index contributed by atoms with van der Waals surface area (Å²) in [7, 11) is 2.71. The van der Waals surface area contributed by atoms with Gasteiger partial charge in [0.25, 0.3) is 0 Å². The number of ether oxygens (including phenoxy) is 4. The van der Waals surface area contributed by atoms with E-state index >= 15 is 0 Å². The van der Waals surface area contributed by atoms with Crippen molar-refractivity contribution in [2.24, 2.45) is 5.92 Å². The first-order valence-corrected chi connectivity index (χ1v) is 13.4. The molecule has 1 aliphatic heterocycles. The summed E-state index contributed by atoms with van der Waals surface area (Å²) in [5.74, 6) is -2.47. The standard InChI is InChI=1S/C34H30O7/c1-21-18-26(38-2)30-27(19-21)41-34(24-14-16-25(17-15-24)40-20-22-10-6-4-7-11-22)29(23-12-8-5-9-13-23)28(32(36)39-3)31(35)33(30,34)37/h4-19,28-29,37H,20H2,1-3H3/t28?,29?,33-,34-/m0/s1. The van der Waals surface area contributed by atoms with Crippen molar-refractivity contribution in [2.75, 3.05) is 14.2 Å². The second-order valence-electron chi connectivity index (χ2n) is 10.4. The predicted molar refractivity (Wildman–Crippen MR) is 151 cm³/mol. The Hall–Kier alpha value is -4.62. The monoisotopic (exact) mass is 550 g/mol. The van der Waals surface area contributed by atoms with Crippen molar-refractivity contribution in [3.63, 3.8) is 0 Å². The van der Waals surface area contributed by atoms with Crippen LogP contribution in [0.25, 0.3) is 0 Å². The van der Waals surface area contributed by atoms with E-state index in [2.05, 4.69) is 0 Å². The normalized spacial score (nSPS) is 24.2. The van der Waals surface area contributed by atoms with Crippen LogP contribution < -0.4 is 14.2 Å². The van der Waals surface area contributed by atoms with Crippen molar-refractivity contribution in [1.82, 2.24) is 0 Å². The number of carbonyl (C=O) groups is 2. The number of hydrogen-bond acceptors (Lipinski definition) is 7. The van der Waals surface area contributed by atoms with Gasteiger partial charge in [0.1, 0.15) is 29.8 Å². The molecule has 4 aromatic carbocycles. The predicted octanol–water partition coefficient (Wildman–Crippen LogP) is 5.21. The van der Waals surface area contributed by atoms with Gasteiger partial charge in [-0.3, -0.25) is 9.59 Å². The first-order valence-electron chi connectivity index (χ1n) is 13.4. The van der Waals surface area contributed by atoms with Gasteiger partial charge in [0, 0.05) is 5.56 Å². The van der Waals surface area contributed by atoms with E-state index in [1.165, 1.54) is 14.2 Å². The summed E-state index contributed by atoms with van der Waals surface area (Å²) in [4.78, 5) is 27.7. The number of ketones is 1. The molecule has 4 atom stereocenters. The van der Waals surface area contributed by atoms with Gasteiger partial charge in [-0.25, -0.2) is 0 Å². The van der Waals surface area contributed by atoms with E-state index in [0.29, 0.717) is 35.0 Å². The molecule has 1 saturated carbocycles. The van der Waals surface area contributed by atoms with Gasteiger partial charge in [-0.1, -0.05) is 72.8 Å². The lowest BCUT2D eigenvalue weighted by Gasteiger charge is -2.39. The maximum atomic E-state index is 14.4. The highest BCUT2D eigenvalue weighted by Crippen LogP contribution is 2.68. The van der Waals surface area contributed by atoms with Gasteiger partial charge in [-0.2, -0.15) is 0 Å². The van der Waals surface area contributed by atoms with Crippen molar-refractivity contribution in [2.45, 2.75) is 30.7 Å². The van der Waals surface area contributed by atoms with Crippen LogP contribution in [0.4, 0.5) is 0 Å². The lowest BCUT2D eigenvalue weighted by molar-refractivity contribution is -0.155. The summed E-state index contributed by atoms with van der Waals surface area (Å²) < 4.78 is 23.6. The van der Waals surface area contributed by atoms with E-state index in [4.69, 9.17) is 18.9 Å². The highest BCUT2D eigenvalue weighted by atomic mass is 16.5. The first kappa shape index (κ1) is 26.6. The smallest absolute Gasteiger partial charge is 0.317 e. The van der Waals surface area contributed by atoms with Crippen LogP contribution in [0, 0.1) is 12.8 Å². The fraction of sp³-hybridized carbons (Fsp3) is 0.235. The van der Waals surface area contributed by atoms with Gasteiger partial charge in [0.2, 0.25) is 5.60 Å². The summed E-state index contributed by atoms with van der Waals surface area (Å²) in [5.41, 5.74) is -0.743. The number of hydrogen-bond donors (Lipinski definition) is 1. The van der Waals surface area contributed by atoms with E-state index in [0.717, 1.165) is 11.1 Å². The molecule has 2 unspecified atom stereocenters.